The molecule has 1 fully saturated rings. The van der Waals surface area contributed by atoms with Crippen molar-refractivity contribution in [3.63, 3.8) is 0 Å². The van der Waals surface area contributed by atoms with E-state index in [1.807, 2.05) is 6.92 Å². The number of anilines is 1. The largest absolute Gasteiger partial charge is 0.398 e. The Kier molecular flexibility index (Phi) is 4.30. The van der Waals surface area contributed by atoms with Gasteiger partial charge in [-0.25, -0.2) is 8.42 Å². The van der Waals surface area contributed by atoms with Crippen molar-refractivity contribution in [2.24, 2.45) is 0 Å². The van der Waals surface area contributed by atoms with Crippen LogP contribution in [0.15, 0.2) is 17.0 Å². The van der Waals surface area contributed by atoms with Crippen molar-refractivity contribution in [3.05, 3.63) is 22.7 Å². The number of halogens is 1. The van der Waals surface area contributed by atoms with Crippen LogP contribution in [0, 0.1) is 6.92 Å². The monoisotopic (exact) mass is 318 g/mol. The lowest BCUT2D eigenvalue weighted by Crippen LogP contribution is -2.41. The zero-order valence-electron chi connectivity index (χ0n) is 11.8. The van der Waals surface area contributed by atoms with Crippen LogP contribution in [0.2, 0.25) is 5.02 Å². The SMILES string of the molecule is Cc1cc(Cl)c(S(=O)(=O)N(C)C2CCOC2C)cc1N. The number of ether oxygens (including phenoxy) is 1. The number of rotatable bonds is 3. The summed E-state index contributed by atoms with van der Waals surface area (Å²) in [5.74, 6) is 0. The van der Waals surface area contributed by atoms with Crippen LogP contribution in [0.3, 0.4) is 0 Å². The molecule has 20 heavy (non-hydrogen) atoms. The molecule has 2 rings (SSSR count). The van der Waals surface area contributed by atoms with Crippen LogP contribution in [0.1, 0.15) is 18.9 Å². The number of aryl methyl sites for hydroxylation is 1. The minimum absolute atomic E-state index is 0.0452. The van der Waals surface area contributed by atoms with E-state index >= 15 is 0 Å². The third-order valence-corrected chi connectivity index (χ3v) is 6.13. The molecule has 7 heteroatoms. The van der Waals surface area contributed by atoms with Crippen LogP contribution in [0.25, 0.3) is 0 Å². The second kappa shape index (κ2) is 5.52. The van der Waals surface area contributed by atoms with Crippen molar-refractivity contribution in [2.75, 3.05) is 19.4 Å². The Hall–Kier alpha value is -0.820. The molecule has 0 amide bonds. The van der Waals surface area contributed by atoms with Gasteiger partial charge in [-0.2, -0.15) is 4.31 Å². The molecule has 112 valence electrons. The van der Waals surface area contributed by atoms with Crippen molar-refractivity contribution in [3.8, 4) is 0 Å². The number of sulfonamides is 1. The highest BCUT2D eigenvalue weighted by Crippen LogP contribution is 2.31. The number of nitrogens with zero attached hydrogens (tertiary/aromatic N) is 1. The molecule has 0 saturated carbocycles. The first-order valence-electron chi connectivity index (χ1n) is 6.40. The highest BCUT2D eigenvalue weighted by Gasteiger charge is 2.36. The molecule has 0 spiro atoms. The molecule has 1 aromatic carbocycles. The molecule has 1 aliphatic heterocycles. The molecule has 2 N–H and O–H groups in total. The lowest BCUT2D eigenvalue weighted by Gasteiger charge is -2.26. The Morgan fingerprint density at radius 2 is 2.10 bits per heavy atom. The summed E-state index contributed by atoms with van der Waals surface area (Å²) in [6.45, 7) is 4.22. The van der Waals surface area contributed by atoms with Gasteiger partial charge in [0, 0.05) is 19.3 Å². The molecule has 2 atom stereocenters. The van der Waals surface area contributed by atoms with Gasteiger partial charge in [-0.3, -0.25) is 0 Å². The molecule has 1 aliphatic rings. The molecule has 0 aromatic heterocycles. The maximum absolute atomic E-state index is 12.7. The van der Waals surface area contributed by atoms with Gasteiger partial charge >= 0.3 is 0 Å². The van der Waals surface area contributed by atoms with E-state index in [9.17, 15) is 8.42 Å². The summed E-state index contributed by atoms with van der Waals surface area (Å²) in [7, 11) is -2.13. The van der Waals surface area contributed by atoms with Gasteiger partial charge in [0.2, 0.25) is 10.0 Å². The van der Waals surface area contributed by atoms with Crippen LogP contribution in [0.4, 0.5) is 5.69 Å². The van der Waals surface area contributed by atoms with Gasteiger partial charge in [0.1, 0.15) is 4.90 Å². The maximum atomic E-state index is 12.7. The Balaban J connectivity index is 2.42. The van der Waals surface area contributed by atoms with Crippen molar-refractivity contribution in [1.82, 2.24) is 4.31 Å². The van der Waals surface area contributed by atoms with Crippen LogP contribution in [0.5, 0.6) is 0 Å². The second-order valence-electron chi connectivity index (χ2n) is 5.09. The molecule has 1 aromatic rings. The lowest BCUT2D eigenvalue weighted by atomic mass is 10.2. The Morgan fingerprint density at radius 1 is 1.45 bits per heavy atom. The normalized spacial score (nSPS) is 23.4. The van der Waals surface area contributed by atoms with Crippen LogP contribution in [-0.2, 0) is 14.8 Å². The molecular formula is C13H19ClN2O3S. The van der Waals surface area contributed by atoms with Gasteiger partial charge in [0.05, 0.1) is 17.2 Å². The minimum atomic E-state index is -3.68. The van der Waals surface area contributed by atoms with E-state index in [0.717, 1.165) is 5.56 Å². The number of nitrogen functional groups attached to an aromatic ring is 1. The fourth-order valence-corrected chi connectivity index (χ4v) is 4.43. The first kappa shape index (κ1) is 15.6. The average molecular weight is 319 g/mol. The molecule has 1 heterocycles. The van der Waals surface area contributed by atoms with E-state index in [-0.39, 0.29) is 22.1 Å². The molecule has 0 radical (unpaired) electrons. The third kappa shape index (κ3) is 2.65. The smallest absolute Gasteiger partial charge is 0.244 e. The van der Waals surface area contributed by atoms with Gasteiger partial charge in [-0.15, -0.1) is 0 Å². The Bertz CT molecular complexity index is 618. The van der Waals surface area contributed by atoms with Gasteiger partial charge < -0.3 is 10.5 Å². The fourth-order valence-electron chi connectivity index (χ4n) is 2.40. The van der Waals surface area contributed by atoms with Crippen LogP contribution < -0.4 is 5.73 Å². The van der Waals surface area contributed by atoms with Crippen molar-refractivity contribution >= 4 is 27.3 Å². The second-order valence-corrected chi connectivity index (χ2v) is 7.47. The minimum Gasteiger partial charge on any atom is -0.398 e. The summed E-state index contributed by atoms with van der Waals surface area (Å²) in [5, 5.41) is 0.190. The molecule has 0 bridgehead atoms. The molecule has 2 unspecified atom stereocenters. The first-order chi connectivity index (χ1) is 9.25. The molecule has 5 nitrogen and oxygen atoms in total. The van der Waals surface area contributed by atoms with Crippen LogP contribution >= 0.6 is 11.6 Å². The fraction of sp³-hybridized carbons (Fsp3) is 0.538. The zero-order valence-corrected chi connectivity index (χ0v) is 13.3. The van der Waals surface area contributed by atoms with Gasteiger partial charge in [-0.1, -0.05) is 11.6 Å². The van der Waals surface area contributed by atoms with Gasteiger partial charge in [0.15, 0.2) is 0 Å². The van der Waals surface area contributed by atoms with E-state index in [4.69, 9.17) is 22.1 Å². The van der Waals surface area contributed by atoms with E-state index in [0.29, 0.717) is 18.7 Å². The first-order valence-corrected chi connectivity index (χ1v) is 8.22. The van der Waals surface area contributed by atoms with Crippen molar-refractivity contribution in [2.45, 2.75) is 37.3 Å². The maximum Gasteiger partial charge on any atom is 0.244 e. The average Bonchev–Trinajstić information content (AvgIpc) is 2.78. The number of hydrogen-bond acceptors (Lipinski definition) is 4. The van der Waals surface area contributed by atoms with E-state index in [1.54, 1.807) is 20.0 Å². The summed E-state index contributed by atoms with van der Waals surface area (Å²) in [4.78, 5) is 0.0452. The van der Waals surface area contributed by atoms with Gasteiger partial charge in [-0.05, 0) is 38.0 Å². The zero-order chi connectivity index (χ0) is 15.1. The van der Waals surface area contributed by atoms with Crippen molar-refractivity contribution in [1.29, 1.82) is 0 Å². The Morgan fingerprint density at radius 3 is 2.65 bits per heavy atom. The van der Waals surface area contributed by atoms with Gasteiger partial charge in [0.25, 0.3) is 0 Å². The summed E-state index contributed by atoms with van der Waals surface area (Å²) in [6.07, 6.45) is 0.548. The number of benzene rings is 1. The highest BCUT2D eigenvalue weighted by molar-refractivity contribution is 7.89. The summed E-state index contributed by atoms with van der Waals surface area (Å²) >= 11 is 6.08. The highest BCUT2D eigenvalue weighted by atomic mass is 35.5. The predicted molar refractivity (Wildman–Crippen MR) is 79.4 cm³/mol. The van der Waals surface area contributed by atoms with Crippen molar-refractivity contribution < 1.29 is 13.2 Å². The van der Waals surface area contributed by atoms with Crippen LogP contribution in [-0.4, -0.2) is 38.5 Å². The standard InChI is InChI=1S/C13H19ClN2O3S/c1-8-6-10(14)13(7-11(8)15)20(17,18)16(3)12-4-5-19-9(12)2/h6-7,9,12H,4-5,15H2,1-3H3. The van der Waals surface area contributed by atoms with E-state index in [1.165, 1.54) is 10.4 Å². The topological polar surface area (TPSA) is 72.6 Å². The predicted octanol–water partition coefficient (Wildman–Crippen LogP) is 2.03. The number of likely N-dealkylation sites (N-methyl/N-ethyl adjacent to an activating group) is 1. The number of hydrogen-bond donors (Lipinski definition) is 1. The summed E-state index contributed by atoms with van der Waals surface area (Å²) in [6, 6.07) is 2.81. The summed E-state index contributed by atoms with van der Waals surface area (Å²) in [5.41, 5.74) is 6.97. The number of nitrogens with two attached hydrogens (primary N) is 1. The quantitative estimate of drug-likeness (QED) is 0.865. The summed E-state index contributed by atoms with van der Waals surface area (Å²) < 4.78 is 32.1. The Labute approximate surface area is 124 Å². The molecule has 0 aliphatic carbocycles. The van der Waals surface area contributed by atoms with E-state index < -0.39 is 10.0 Å². The third-order valence-electron chi connectivity index (χ3n) is 3.78. The molecule has 1 saturated heterocycles. The van der Waals surface area contributed by atoms with E-state index in [2.05, 4.69) is 0 Å². The molecular weight excluding hydrogens is 300 g/mol. The lowest BCUT2D eigenvalue weighted by molar-refractivity contribution is 0.102.